The van der Waals surface area contributed by atoms with Gasteiger partial charge in [-0.2, -0.15) is 5.10 Å². The van der Waals surface area contributed by atoms with Gasteiger partial charge in [-0.25, -0.2) is 28.2 Å². The van der Waals surface area contributed by atoms with E-state index in [-0.39, 0.29) is 11.5 Å². The average molecular weight is 511 g/mol. The monoisotopic (exact) mass is 510 g/mol. The zero-order valence-electron chi connectivity index (χ0n) is 18.7. The van der Waals surface area contributed by atoms with Crippen LogP contribution in [0.15, 0.2) is 58.8 Å². The van der Waals surface area contributed by atoms with E-state index in [2.05, 4.69) is 4.98 Å². The first-order valence-corrected chi connectivity index (χ1v) is 13.3. The van der Waals surface area contributed by atoms with Crippen LogP contribution in [0.2, 0.25) is 0 Å². The number of hydrogen-bond donors (Lipinski definition) is 2. The van der Waals surface area contributed by atoms with Crippen LogP contribution in [0.5, 0.6) is 0 Å². The van der Waals surface area contributed by atoms with Gasteiger partial charge in [-0.05, 0) is 60.7 Å². The van der Waals surface area contributed by atoms with Crippen LogP contribution in [-0.2, 0) is 23.8 Å². The maximum Gasteiger partial charge on any atom is 0.355 e. The van der Waals surface area contributed by atoms with Crippen LogP contribution in [0.3, 0.4) is 0 Å². The molecule has 1 aliphatic rings. The summed E-state index contributed by atoms with van der Waals surface area (Å²) in [5.41, 5.74) is 4.38. The Morgan fingerprint density at radius 1 is 1.17 bits per heavy atom. The molecule has 10 heteroatoms. The fourth-order valence-corrected chi connectivity index (χ4v) is 5.26. The predicted molar refractivity (Wildman–Crippen MR) is 132 cm³/mol. The number of carboxylic acid groups (broad SMARTS) is 1. The van der Waals surface area contributed by atoms with Crippen molar-refractivity contribution < 1.29 is 18.5 Å². The van der Waals surface area contributed by atoms with Crippen molar-refractivity contribution in [3.8, 4) is 16.4 Å². The number of thiazole rings is 1. The zero-order valence-corrected chi connectivity index (χ0v) is 20.3. The largest absolute Gasteiger partial charge is 0.476 e. The van der Waals surface area contributed by atoms with Crippen molar-refractivity contribution in [2.24, 2.45) is 11.1 Å². The van der Waals surface area contributed by atoms with E-state index in [1.165, 1.54) is 41.7 Å². The highest BCUT2D eigenvalue weighted by Crippen LogP contribution is 2.37. The topological polar surface area (TPSA) is 111 Å². The molecule has 4 aromatic rings. The minimum absolute atomic E-state index is 0.0242. The first-order chi connectivity index (χ1) is 16.9. The Hall–Kier alpha value is -3.21. The molecule has 0 spiro atoms. The number of carbonyl (C=O) groups is 1. The Morgan fingerprint density at radius 2 is 1.89 bits per heavy atom. The standard InChI is InChI=1S/C25H23FN4O3S2/c26-18-8-6-17(7-9-18)23-20(13-16-3-10-19(11-4-16)35(27)33)22(12-5-15-1-2-15)30(29-23)25-28-21(14-34-25)24(31)32/h3-4,6-11,14-15H,1-2,5,12-13,27H2,(H,31,32). The molecule has 0 amide bonds. The fraction of sp³-hybridized carbons (Fsp3) is 0.240. The smallest absolute Gasteiger partial charge is 0.355 e. The van der Waals surface area contributed by atoms with E-state index >= 15 is 0 Å². The maximum absolute atomic E-state index is 13.7. The molecule has 7 nitrogen and oxygen atoms in total. The van der Waals surface area contributed by atoms with Gasteiger partial charge in [0.2, 0.25) is 5.13 Å². The number of aromatic carboxylic acids is 1. The summed E-state index contributed by atoms with van der Waals surface area (Å²) in [5, 5.41) is 21.7. The molecule has 5 rings (SSSR count). The fourth-order valence-electron chi connectivity index (χ4n) is 4.08. The Bertz CT molecular complexity index is 1390. The first kappa shape index (κ1) is 23.5. The van der Waals surface area contributed by atoms with Crippen LogP contribution in [0.25, 0.3) is 16.4 Å². The van der Waals surface area contributed by atoms with Crippen molar-refractivity contribution in [3.05, 3.63) is 82.2 Å². The third kappa shape index (κ3) is 5.24. The van der Waals surface area contributed by atoms with Gasteiger partial charge in [0, 0.05) is 22.9 Å². The van der Waals surface area contributed by atoms with Gasteiger partial charge in [0.15, 0.2) is 5.69 Å². The molecule has 0 aliphatic heterocycles. The highest BCUT2D eigenvalue weighted by atomic mass is 32.2. The number of aromatic nitrogens is 3. The second-order valence-electron chi connectivity index (χ2n) is 8.61. The van der Waals surface area contributed by atoms with Gasteiger partial charge >= 0.3 is 5.97 Å². The van der Waals surface area contributed by atoms with Crippen LogP contribution in [-0.4, -0.2) is 30.0 Å². The van der Waals surface area contributed by atoms with Crippen LogP contribution in [0.1, 0.15) is 46.6 Å². The number of benzene rings is 2. The SMILES string of the molecule is NS(=O)c1ccc(Cc2c(-c3ccc(F)cc3)nn(-c3nc(C(=O)O)cs3)c2CCC2CC2)cc1. The predicted octanol–water partition coefficient (Wildman–Crippen LogP) is 4.75. The molecular weight excluding hydrogens is 487 g/mol. The molecule has 1 fully saturated rings. The lowest BCUT2D eigenvalue weighted by molar-refractivity contribution is 0.0691. The number of carboxylic acids is 1. The zero-order chi connectivity index (χ0) is 24.5. The Kier molecular flexibility index (Phi) is 6.59. The molecule has 180 valence electrons. The van der Waals surface area contributed by atoms with E-state index in [1.807, 2.05) is 12.1 Å². The highest BCUT2D eigenvalue weighted by molar-refractivity contribution is 7.82. The van der Waals surface area contributed by atoms with Gasteiger partial charge in [-0.3, -0.25) is 0 Å². The van der Waals surface area contributed by atoms with E-state index in [4.69, 9.17) is 10.2 Å². The van der Waals surface area contributed by atoms with Crippen molar-refractivity contribution in [1.29, 1.82) is 0 Å². The molecule has 1 saturated carbocycles. The third-order valence-corrected chi connectivity index (χ3v) is 7.68. The van der Waals surface area contributed by atoms with Gasteiger partial charge in [-0.1, -0.05) is 25.0 Å². The van der Waals surface area contributed by atoms with Crippen molar-refractivity contribution in [1.82, 2.24) is 14.8 Å². The van der Waals surface area contributed by atoms with Crippen molar-refractivity contribution in [3.63, 3.8) is 0 Å². The lowest BCUT2D eigenvalue weighted by Gasteiger charge is -2.09. The molecule has 1 aliphatic carbocycles. The van der Waals surface area contributed by atoms with Gasteiger partial charge in [0.25, 0.3) is 0 Å². The number of hydrogen-bond acceptors (Lipinski definition) is 5. The van der Waals surface area contributed by atoms with Crippen molar-refractivity contribution in [2.75, 3.05) is 0 Å². The second-order valence-corrected chi connectivity index (χ2v) is 10.5. The summed E-state index contributed by atoms with van der Waals surface area (Å²) in [5.74, 6) is -0.735. The number of nitrogens with two attached hydrogens (primary N) is 1. The molecule has 0 saturated heterocycles. The second kappa shape index (κ2) is 9.80. The molecule has 2 aromatic carbocycles. The lowest BCUT2D eigenvalue weighted by atomic mass is 9.97. The van der Waals surface area contributed by atoms with Gasteiger partial charge in [0.1, 0.15) is 16.8 Å². The maximum atomic E-state index is 13.7. The number of rotatable bonds is 9. The van der Waals surface area contributed by atoms with E-state index in [9.17, 15) is 18.5 Å². The number of halogens is 1. The summed E-state index contributed by atoms with van der Waals surface area (Å²) < 4.78 is 27.0. The van der Waals surface area contributed by atoms with Crippen molar-refractivity contribution >= 4 is 28.3 Å². The third-order valence-electron chi connectivity index (χ3n) is 6.12. The molecule has 35 heavy (non-hydrogen) atoms. The summed E-state index contributed by atoms with van der Waals surface area (Å²) in [6, 6.07) is 13.5. The molecule has 3 N–H and O–H groups in total. The molecule has 1 atom stereocenters. The van der Waals surface area contributed by atoms with E-state index < -0.39 is 17.0 Å². The minimum Gasteiger partial charge on any atom is -0.476 e. The molecule has 0 bridgehead atoms. The molecular formula is C25H23FN4O3S2. The van der Waals surface area contributed by atoms with E-state index in [1.54, 1.807) is 28.9 Å². The lowest BCUT2D eigenvalue weighted by Crippen LogP contribution is -2.06. The first-order valence-electron chi connectivity index (χ1n) is 11.2. The normalized spacial score (nSPS) is 14.2. The molecule has 0 radical (unpaired) electrons. The van der Waals surface area contributed by atoms with Crippen LogP contribution in [0, 0.1) is 11.7 Å². The van der Waals surface area contributed by atoms with Gasteiger partial charge < -0.3 is 5.11 Å². The Morgan fingerprint density at radius 3 is 2.49 bits per heavy atom. The average Bonchev–Trinajstić information content (AvgIpc) is 3.41. The summed E-state index contributed by atoms with van der Waals surface area (Å²) in [6.45, 7) is 0. The molecule has 1 unspecified atom stereocenters. The molecule has 2 aromatic heterocycles. The van der Waals surface area contributed by atoms with Gasteiger partial charge in [0.05, 0.1) is 16.3 Å². The summed E-state index contributed by atoms with van der Waals surface area (Å²) in [6.07, 6.45) is 4.74. The summed E-state index contributed by atoms with van der Waals surface area (Å²) >= 11 is 1.23. The van der Waals surface area contributed by atoms with Gasteiger partial charge in [-0.15, -0.1) is 11.3 Å². The minimum atomic E-state index is -1.56. The summed E-state index contributed by atoms with van der Waals surface area (Å²) in [4.78, 5) is 16.3. The van der Waals surface area contributed by atoms with Crippen molar-refractivity contribution in [2.45, 2.75) is 37.0 Å². The Labute approximate surface area is 208 Å². The van der Waals surface area contributed by atoms with E-state index in [0.717, 1.165) is 35.2 Å². The van der Waals surface area contributed by atoms with Crippen LogP contribution < -0.4 is 5.14 Å². The highest BCUT2D eigenvalue weighted by Gasteiger charge is 2.26. The molecule has 2 heterocycles. The van der Waals surface area contributed by atoms with Crippen LogP contribution in [0.4, 0.5) is 4.39 Å². The Balaban J connectivity index is 1.63. The number of nitrogens with zero attached hydrogens (tertiary/aromatic N) is 3. The quantitative estimate of drug-likeness (QED) is 0.338. The van der Waals surface area contributed by atoms with E-state index in [0.29, 0.717) is 28.1 Å². The van der Waals surface area contributed by atoms with Crippen LogP contribution >= 0.6 is 11.3 Å². The summed E-state index contributed by atoms with van der Waals surface area (Å²) in [7, 11) is -1.56.